The van der Waals surface area contributed by atoms with E-state index in [1.807, 2.05) is 0 Å². The number of ether oxygens (including phenoxy) is 2. The molecule has 0 saturated heterocycles. The second-order valence-corrected chi connectivity index (χ2v) is 7.62. The van der Waals surface area contributed by atoms with Crippen LogP contribution in [0.3, 0.4) is 0 Å². The Hall–Kier alpha value is -1.22. The second kappa shape index (κ2) is 6.91. The molecule has 0 aliphatic heterocycles. The summed E-state index contributed by atoms with van der Waals surface area (Å²) in [6, 6.07) is 6.97. The van der Waals surface area contributed by atoms with Crippen LogP contribution in [0.25, 0.3) is 0 Å². The maximum Gasteiger partial charge on any atom is 0.347 e. The zero-order valence-corrected chi connectivity index (χ0v) is 14.5. The molecule has 4 heteroatoms. The predicted octanol–water partition coefficient (Wildman–Crippen LogP) is 4.87. The molecule has 0 aromatic heterocycles. The molecule has 1 aliphatic rings. The highest BCUT2D eigenvalue weighted by Crippen LogP contribution is 2.39. The van der Waals surface area contributed by atoms with Gasteiger partial charge < -0.3 is 9.47 Å². The van der Waals surface area contributed by atoms with E-state index in [1.165, 1.54) is 6.42 Å². The van der Waals surface area contributed by atoms with Gasteiger partial charge in [-0.2, -0.15) is 0 Å². The molecular formula is C18H25ClO3. The largest absolute Gasteiger partial charge is 0.479 e. The van der Waals surface area contributed by atoms with Crippen LogP contribution in [0.2, 0.25) is 5.02 Å². The average molecular weight is 325 g/mol. The summed E-state index contributed by atoms with van der Waals surface area (Å²) in [5, 5.41) is 0.640. The molecule has 0 N–H and O–H groups in total. The van der Waals surface area contributed by atoms with Crippen molar-refractivity contribution < 1.29 is 14.3 Å². The van der Waals surface area contributed by atoms with Crippen LogP contribution >= 0.6 is 11.6 Å². The maximum atomic E-state index is 12.2. The molecule has 3 atom stereocenters. The highest BCUT2D eigenvalue weighted by molar-refractivity contribution is 6.30. The van der Waals surface area contributed by atoms with Gasteiger partial charge in [-0.3, -0.25) is 0 Å². The lowest BCUT2D eigenvalue weighted by Gasteiger charge is -2.38. The monoisotopic (exact) mass is 324 g/mol. The fourth-order valence-corrected chi connectivity index (χ4v) is 3.50. The van der Waals surface area contributed by atoms with Crippen molar-refractivity contribution in [2.45, 2.75) is 59.2 Å². The van der Waals surface area contributed by atoms with Crippen LogP contribution < -0.4 is 4.74 Å². The van der Waals surface area contributed by atoms with E-state index in [2.05, 4.69) is 20.8 Å². The molecule has 0 bridgehead atoms. The molecule has 1 fully saturated rings. The minimum atomic E-state index is -0.624. The molecule has 1 aliphatic carbocycles. The predicted molar refractivity (Wildman–Crippen MR) is 88.2 cm³/mol. The summed E-state index contributed by atoms with van der Waals surface area (Å²) in [7, 11) is 0. The zero-order valence-electron chi connectivity index (χ0n) is 13.8. The summed E-state index contributed by atoms with van der Waals surface area (Å²) >= 11 is 5.83. The van der Waals surface area contributed by atoms with E-state index in [0.29, 0.717) is 16.7 Å². The van der Waals surface area contributed by atoms with E-state index < -0.39 is 6.10 Å². The van der Waals surface area contributed by atoms with Gasteiger partial charge in [0.05, 0.1) is 0 Å². The lowest BCUT2D eigenvalue weighted by atomic mass is 9.71. The molecular weight excluding hydrogens is 300 g/mol. The Kier molecular flexibility index (Phi) is 5.38. The van der Waals surface area contributed by atoms with Crippen LogP contribution in [0.5, 0.6) is 5.75 Å². The SMILES string of the molecule is CC1CC(OC(=O)C(C)Oc2ccc(Cl)cc2)CC(C)(C)C1. The first-order valence-electron chi connectivity index (χ1n) is 7.88. The van der Waals surface area contributed by atoms with Crippen molar-refractivity contribution in [1.82, 2.24) is 0 Å². The Morgan fingerprint density at radius 2 is 1.91 bits per heavy atom. The molecule has 0 spiro atoms. The van der Waals surface area contributed by atoms with E-state index in [9.17, 15) is 4.79 Å². The van der Waals surface area contributed by atoms with E-state index in [0.717, 1.165) is 12.8 Å². The minimum absolute atomic E-state index is 0.0116. The Bertz CT molecular complexity index is 510. The highest BCUT2D eigenvalue weighted by Gasteiger charge is 2.34. The first kappa shape index (κ1) is 17.1. The maximum absolute atomic E-state index is 12.2. The number of carbonyl (C=O) groups excluding carboxylic acids is 1. The molecule has 0 amide bonds. The zero-order chi connectivity index (χ0) is 16.3. The molecule has 3 unspecified atom stereocenters. The lowest BCUT2D eigenvalue weighted by Crippen LogP contribution is -2.37. The number of halogens is 1. The van der Waals surface area contributed by atoms with E-state index >= 15 is 0 Å². The molecule has 0 heterocycles. The van der Waals surface area contributed by atoms with Gasteiger partial charge >= 0.3 is 5.97 Å². The quantitative estimate of drug-likeness (QED) is 0.741. The van der Waals surface area contributed by atoms with Crippen molar-refractivity contribution in [3.8, 4) is 5.75 Å². The Balaban J connectivity index is 1.89. The van der Waals surface area contributed by atoms with Gasteiger partial charge in [-0.25, -0.2) is 4.79 Å². The van der Waals surface area contributed by atoms with E-state index in [4.69, 9.17) is 21.1 Å². The summed E-state index contributed by atoms with van der Waals surface area (Å²) < 4.78 is 11.3. The standard InChI is InChI=1S/C18H25ClO3/c1-12-9-16(11-18(3,4)10-12)22-17(20)13(2)21-15-7-5-14(19)6-8-15/h5-8,12-13,16H,9-11H2,1-4H3. The molecule has 22 heavy (non-hydrogen) atoms. The molecule has 1 saturated carbocycles. The smallest absolute Gasteiger partial charge is 0.347 e. The highest BCUT2D eigenvalue weighted by atomic mass is 35.5. The van der Waals surface area contributed by atoms with Gasteiger partial charge in [0, 0.05) is 5.02 Å². The third kappa shape index (κ3) is 4.91. The third-order valence-corrected chi connectivity index (χ3v) is 4.34. The number of benzene rings is 1. The first-order chi connectivity index (χ1) is 10.2. The van der Waals surface area contributed by atoms with E-state index in [-0.39, 0.29) is 17.5 Å². The molecule has 2 rings (SSSR count). The summed E-state index contributed by atoms with van der Waals surface area (Å²) in [6.07, 6.45) is 2.39. The summed E-state index contributed by atoms with van der Waals surface area (Å²) in [5.41, 5.74) is 0.225. The number of rotatable bonds is 4. The number of carbonyl (C=O) groups is 1. The first-order valence-corrected chi connectivity index (χ1v) is 8.26. The van der Waals surface area contributed by atoms with Crippen LogP contribution in [0.4, 0.5) is 0 Å². The average Bonchev–Trinajstić information content (AvgIpc) is 2.38. The van der Waals surface area contributed by atoms with Crippen molar-refractivity contribution in [1.29, 1.82) is 0 Å². The van der Waals surface area contributed by atoms with Crippen molar-refractivity contribution in [3.63, 3.8) is 0 Å². The van der Waals surface area contributed by atoms with Crippen molar-refractivity contribution in [2.24, 2.45) is 11.3 Å². The van der Waals surface area contributed by atoms with Crippen LogP contribution in [0, 0.1) is 11.3 Å². The van der Waals surface area contributed by atoms with Crippen LogP contribution in [-0.4, -0.2) is 18.2 Å². The minimum Gasteiger partial charge on any atom is -0.479 e. The van der Waals surface area contributed by atoms with E-state index in [1.54, 1.807) is 31.2 Å². The second-order valence-electron chi connectivity index (χ2n) is 7.19. The van der Waals surface area contributed by atoms with Gasteiger partial charge in [0.15, 0.2) is 6.10 Å². The number of hydrogen-bond acceptors (Lipinski definition) is 3. The molecule has 3 nitrogen and oxygen atoms in total. The topological polar surface area (TPSA) is 35.5 Å². The van der Waals surface area contributed by atoms with Gasteiger partial charge in [0.25, 0.3) is 0 Å². The lowest BCUT2D eigenvalue weighted by molar-refractivity contribution is -0.161. The molecule has 0 radical (unpaired) electrons. The Morgan fingerprint density at radius 1 is 1.27 bits per heavy atom. The van der Waals surface area contributed by atoms with Gasteiger partial charge in [-0.15, -0.1) is 0 Å². The summed E-state index contributed by atoms with van der Waals surface area (Å²) in [5.74, 6) is 0.894. The van der Waals surface area contributed by atoms with Crippen molar-refractivity contribution in [3.05, 3.63) is 29.3 Å². The van der Waals surface area contributed by atoms with Gasteiger partial charge in [0.2, 0.25) is 0 Å². The Labute approximate surface area is 137 Å². The van der Waals surface area contributed by atoms with Crippen LogP contribution in [0.15, 0.2) is 24.3 Å². The Morgan fingerprint density at radius 3 is 2.50 bits per heavy atom. The number of esters is 1. The summed E-state index contributed by atoms with van der Waals surface area (Å²) in [6.45, 7) is 8.40. The fourth-order valence-electron chi connectivity index (χ4n) is 3.37. The third-order valence-electron chi connectivity index (χ3n) is 4.09. The fraction of sp³-hybridized carbons (Fsp3) is 0.611. The van der Waals surface area contributed by atoms with Crippen molar-refractivity contribution >= 4 is 17.6 Å². The van der Waals surface area contributed by atoms with Crippen molar-refractivity contribution in [2.75, 3.05) is 0 Å². The van der Waals surface area contributed by atoms with Gasteiger partial charge in [-0.1, -0.05) is 32.4 Å². The molecule has 122 valence electrons. The summed E-state index contributed by atoms with van der Waals surface area (Å²) in [4.78, 5) is 12.2. The van der Waals surface area contributed by atoms with Gasteiger partial charge in [0.1, 0.15) is 11.9 Å². The normalized spacial score (nSPS) is 25.3. The molecule has 1 aromatic carbocycles. The number of hydrogen-bond donors (Lipinski definition) is 0. The van der Waals surface area contributed by atoms with Gasteiger partial charge in [-0.05, 0) is 61.8 Å². The van der Waals surface area contributed by atoms with Crippen LogP contribution in [0.1, 0.15) is 47.0 Å². The van der Waals surface area contributed by atoms with Crippen LogP contribution in [-0.2, 0) is 9.53 Å². The molecule has 1 aromatic rings.